The number of hydrogen-bond donors (Lipinski definition) is 0. The fourth-order valence-electron chi connectivity index (χ4n) is 1.53. The fourth-order valence-corrected chi connectivity index (χ4v) is 1.53. The molecule has 1 heterocycles. The van der Waals surface area contributed by atoms with E-state index >= 15 is 0 Å². The van der Waals surface area contributed by atoms with E-state index in [-0.39, 0.29) is 0 Å². The first-order chi connectivity index (χ1) is 6.68. The van der Waals surface area contributed by atoms with Gasteiger partial charge in [0.05, 0.1) is 5.69 Å². The maximum atomic E-state index is 5.11. The molecule has 1 radical (unpaired) electrons. The third-order valence-electron chi connectivity index (χ3n) is 2.27. The highest BCUT2D eigenvalue weighted by molar-refractivity contribution is 5.67. The lowest BCUT2D eigenvalue weighted by Crippen LogP contribution is -1.82. The maximum Gasteiger partial charge on any atom is 0.141 e. The third kappa shape index (κ3) is 1.43. The van der Waals surface area contributed by atoms with Gasteiger partial charge in [0.25, 0.3) is 0 Å². The van der Waals surface area contributed by atoms with E-state index in [9.17, 15) is 0 Å². The Morgan fingerprint density at radius 1 is 1.21 bits per heavy atom. The van der Waals surface area contributed by atoms with Crippen molar-refractivity contribution in [3.05, 3.63) is 41.3 Å². The van der Waals surface area contributed by atoms with E-state index in [0.29, 0.717) is 0 Å². The van der Waals surface area contributed by atoms with Gasteiger partial charge in [0.15, 0.2) is 0 Å². The van der Waals surface area contributed by atoms with Gasteiger partial charge in [-0.05, 0) is 32.4 Å². The molecule has 0 atom stereocenters. The summed E-state index contributed by atoms with van der Waals surface area (Å²) in [6.07, 6.45) is 0. The number of hydrogen-bond acceptors (Lipinski definition) is 2. The molecule has 2 rings (SSSR count). The summed E-state index contributed by atoms with van der Waals surface area (Å²) >= 11 is 0. The molecule has 2 heteroatoms. The van der Waals surface area contributed by atoms with Crippen LogP contribution in [0.2, 0.25) is 0 Å². The third-order valence-corrected chi connectivity index (χ3v) is 2.27. The van der Waals surface area contributed by atoms with Gasteiger partial charge < -0.3 is 4.52 Å². The molecular weight excluding hydrogens is 174 g/mol. The summed E-state index contributed by atoms with van der Waals surface area (Å²) in [7, 11) is 0. The van der Waals surface area contributed by atoms with Crippen molar-refractivity contribution in [2.45, 2.75) is 20.8 Å². The van der Waals surface area contributed by atoms with Crippen LogP contribution in [0.25, 0.3) is 11.1 Å². The van der Waals surface area contributed by atoms with Gasteiger partial charge in [0, 0.05) is 5.56 Å². The monoisotopic (exact) mass is 186 g/mol. The normalized spacial score (nSPS) is 10.5. The molecule has 0 amide bonds. The molecule has 0 aliphatic carbocycles. The molecule has 0 aliphatic rings. The van der Waals surface area contributed by atoms with Crippen LogP contribution in [0.1, 0.15) is 17.0 Å². The summed E-state index contributed by atoms with van der Waals surface area (Å²) in [5, 5.41) is 3.92. The SMILES string of the molecule is Cc1c[c]c(-c2c(C)noc2C)cc1. The van der Waals surface area contributed by atoms with Gasteiger partial charge in [-0.2, -0.15) is 0 Å². The predicted molar refractivity (Wildman–Crippen MR) is 55.0 cm³/mol. The van der Waals surface area contributed by atoms with Gasteiger partial charge in [0.2, 0.25) is 0 Å². The van der Waals surface area contributed by atoms with Crippen LogP contribution in [0.15, 0.2) is 22.7 Å². The molecule has 71 valence electrons. The van der Waals surface area contributed by atoms with Crippen molar-refractivity contribution in [3.63, 3.8) is 0 Å². The van der Waals surface area contributed by atoms with Gasteiger partial charge in [-0.1, -0.05) is 28.9 Å². The van der Waals surface area contributed by atoms with Crippen molar-refractivity contribution in [2.24, 2.45) is 0 Å². The predicted octanol–water partition coefficient (Wildman–Crippen LogP) is 3.07. The molecule has 0 N–H and O–H groups in total. The highest BCUT2D eigenvalue weighted by Gasteiger charge is 2.10. The lowest BCUT2D eigenvalue weighted by atomic mass is 10.0. The van der Waals surface area contributed by atoms with E-state index in [1.165, 1.54) is 5.56 Å². The van der Waals surface area contributed by atoms with Crippen LogP contribution in [0.5, 0.6) is 0 Å². The average molecular weight is 186 g/mol. The van der Waals surface area contributed by atoms with Gasteiger partial charge >= 0.3 is 0 Å². The van der Waals surface area contributed by atoms with E-state index in [0.717, 1.165) is 22.6 Å². The van der Waals surface area contributed by atoms with Crippen LogP contribution in [0, 0.1) is 26.8 Å². The zero-order chi connectivity index (χ0) is 10.1. The van der Waals surface area contributed by atoms with E-state index in [1.807, 2.05) is 32.9 Å². The van der Waals surface area contributed by atoms with Crippen molar-refractivity contribution in [3.8, 4) is 11.1 Å². The van der Waals surface area contributed by atoms with Gasteiger partial charge in [-0.15, -0.1) is 0 Å². The van der Waals surface area contributed by atoms with Gasteiger partial charge in [-0.25, -0.2) is 0 Å². The molecule has 14 heavy (non-hydrogen) atoms. The van der Waals surface area contributed by atoms with Crippen LogP contribution in [0.3, 0.4) is 0 Å². The minimum Gasteiger partial charge on any atom is -0.361 e. The van der Waals surface area contributed by atoms with Crippen molar-refractivity contribution < 1.29 is 4.52 Å². The van der Waals surface area contributed by atoms with Gasteiger partial charge in [-0.3, -0.25) is 0 Å². The molecule has 0 saturated heterocycles. The summed E-state index contributed by atoms with van der Waals surface area (Å²) in [6, 6.07) is 9.30. The molecule has 1 aromatic carbocycles. The molecule has 0 unspecified atom stereocenters. The Hall–Kier alpha value is -1.57. The zero-order valence-electron chi connectivity index (χ0n) is 8.59. The number of benzene rings is 1. The molecule has 0 saturated carbocycles. The number of nitrogens with zero attached hydrogens (tertiary/aromatic N) is 1. The molecule has 1 aromatic heterocycles. The van der Waals surface area contributed by atoms with Crippen molar-refractivity contribution in [1.82, 2.24) is 5.16 Å². The summed E-state index contributed by atoms with van der Waals surface area (Å²) in [5.41, 5.74) is 4.24. The van der Waals surface area contributed by atoms with E-state index in [1.54, 1.807) is 0 Å². The standard InChI is InChI=1S/C12H12NO/c1-8-4-6-11(7-5-8)12-9(2)13-14-10(12)3/h4-6H,1-3H3. The molecule has 0 bridgehead atoms. The zero-order valence-corrected chi connectivity index (χ0v) is 8.59. The van der Waals surface area contributed by atoms with Crippen LogP contribution >= 0.6 is 0 Å². The fraction of sp³-hybridized carbons (Fsp3) is 0.250. The van der Waals surface area contributed by atoms with Crippen LogP contribution in [-0.2, 0) is 0 Å². The van der Waals surface area contributed by atoms with E-state index in [4.69, 9.17) is 4.52 Å². The number of rotatable bonds is 1. The Balaban J connectivity index is 2.54. The van der Waals surface area contributed by atoms with E-state index in [2.05, 4.69) is 17.3 Å². The maximum absolute atomic E-state index is 5.11. The summed E-state index contributed by atoms with van der Waals surface area (Å²) in [4.78, 5) is 0. The van der Waals surface area contributed by atoms with Crippen LogP contribution in [0.4, 0.5) is 0 Å². The van der Waals surface area contributed by atoms with Crippen LogP contribution < -0.4 is 0 Å². The first kappa shape index (κ1) is 9.00. The summed E-state index contributed by atoms with van der Waals surface area (Å²) in [6.45, 7) is 5.91. The van der Waals surface area contributed by atoms with Gasteiger partial charge in [0.1, 0.15) is 5.76 Å². The Bertz CT molecular complexity index is 420. The Morgan fingerprint density at radius 2 is 2.00 bits per heavy atom. The van der Waals surface area contributed by atoms with Crippen molar-refractivity contribution >= 4 is 0 Å². The summed E-state index contributed by atoms with van der Waals surface area (Å²) < 4.78 is 5.11. The first-order valence-electron chi connectivity index (χ1n) is 4.60. The van der Waals surface area contributed by atoms with E-state index < -0.39 is 0 Å². The minimum absolute atomic E-state index is 0.850. The molecule has 2 aromatic rings. The molecule has 0 fully saturated rings. The largest absolute Gasteiger partial charge is 0.361 e. The van der Waals surface area contributed by atoms with Crippen molar-refractivity contribution in [2.75, 3.05) is 0 Å². The first-order valence-corrected chi connectivity index (χ1v) is 4.60. The quantitative estimate of drug-likeness (QED) is 0.684. The number of aromatic nitrogens is 1. The highest BCUT2D eigenvalue weighted by atomic mass is 16.5. The topological polar surface area (TPSA) is 26.0 Å². The Labute approximate surface area is 83.5 Å². The molecule has 0 aliphatic heterocycles. The molecular formula is C12H12NO. The van der Waals surface area contributed by atoms with Crippen molar-refractivity contribution in [1.29, 1.82) is 0 Å². The van der Waals surface area contributed by atoms with Crippen LogP contribution in [-0.4, -0.2) is 5.16 Å². The molecule has 0 spiro atoms. The smallest absolute Gasteiger partial charge is 0.141 e. The second-order valence-electron chi connectivity index (χ2n) is 3.48. The lowest BCUT2D eigenvalue weighted by Gasteiger charge is -1.99. The Morgan fingerprint density at radius 3 is 2.50 bits per heavy atom. The lowest BCUT2D eigenvalue weighted by molar-refractivity contribution is 0.393. The number of aryl methyl sites for hydroxylation is 3. The second kappa shape index (κ2) is 3.29. The molecule has 2 nitrogen and oxygen atoms in total. The average Bonchev–Trinajstić information content (AvgIpc) is 2.49. The Kier molecular flexibility index (Phi) is 2.12. The highest BCUT2D eigenvalue weighted by Crippen LogP contribution is 2.26. The minimum atomic E-state index is 0.850. The second-order valence-corrected chi connectivity index (χ2v) is 3.48. The summed E-state index contributed by atoms with van der Waals surface area (Å²) in [5.74, 6) is 0.850.